The van der Waals surface area contributed by atoms with Crippen molar-refractivity contribution in [3.63, 3.8) is 0 Å². The van der Waals surface area contributed by atoms with E-state index in [-0.39, 0.29) is 5.56 Å². The first-order valence-corrected chi connectivity index (χ1v) is 6.47. The van der Waals surface area contributed by atoms with Crippen LogP contribution in [0.1, 0.15) is 38.8 Å². The van der Waals surface area contributed by atoms with Crippen molar-refractivity contribution >= 4 is 0 Å². The van der Waals surface area contributed by atoms with Crippen LogP contribution in [-0.2, 0) is 6.42 Å². The minimum absolute atomic E-state index is 0.127. The molecule has 0 radical (unpaired) electrons. The normalized spacial score (nSPS) is 21.9. The molecule has 4 heteroatoms. The number of hydrogen-bond acceptors (Lipinski definition) is 3. The maximum Gasteiger partial charge on any atom is 0.264 e. The molecule has 94 valence electrons. The third-order valence-corrected chi connectivity index (χ3v) is 3.52. The fourth-order valence-corrected chi connectivity index (χ4v) is 2.65. The second-order valence-electron chi connectivity index (χ2n) is 5.10. The van der Waals surface area contributed by atoms with E-state index in [1.165, 1.54) is 25.8 Å². The van der Waals surface area contributed by atoms with Crippen LogP contribution in [0.25, 0.3) is 0 Å². The molecule has 0 aliphatic carbocycles. The summed E-state index contributed by atoms with van der Waals surface area (Å²) >= 11 is 0. The molecule has 17 heavy (non-hydrogen) atoms. The zero-order valence-electron chi connectivity index (χ0n) is 10.6. The van der Waals surface area contributed by atoms with Crippen molar-refractivity contribution in [2.45, 2.75) is 51.6 Å². The number of aromatic amines is 1. The van der Waals surface area contributed by atoms with Crippen molar-refractivity contribution in [1.29, 1.82) is 0 Å². The Bertz CT molecular complexity index is 393. The predicted molar refractivity (Wildman–Crippen MR) is 68.0 cm³/mol. The van der Waals surface area contributed by atoms with E-state index in [2.05, 4.69) is 28.9 Å². The average Bonchev–Trinajstić information content (AvgIpc) is 2.32. The molecule has 1 saturated heterocycles. The smallest absolute Gasteiger partial charge is 0.264 e. The van der Waals surface area contributed by atoms with E-state index in [0.29, 0.717) is 12.1 Å². The van der Waals surface area contributed by atoms with Crippen molar-refractivity contribution in [2.75, 3.05) is 6.54 Å². The zero-order valence-corrected chi connectivity index (χ0v) is 10.6. The number of rotatable bonds is 3. The Balaban J connectivity index is 2.05. The molecule has 0 saturated carbocycles. The minimum Gasteiger partial charge on any atom is -0.298 e. The highest BCUT2D eigenvalue weighted by molar-refractivity contribution is 5.02. The van der Waals surface area contributed by atoms with Crippen LogP contribution in [0, 0.1) is 0 Å². The molecule has 0 spiro atoms. The Morgan fingerprint density at radius 1 is 1.47 bits per heavy atom. The summed E-state index contributed by atoms with van der Waals surface area (Å²) in [5, 5.41) is 6.61. The molecule has 1 atom stereocenters. The standard InChI is InChI=1S/C13H21N3O/c1-10(2)16-8-4-3-5-12(16)9-11-6-7-13(17)15-14-11/h6-7,10,12H,3-5,8-9H2,1-2H3,(H,15,17). The molecule has 1 aromatic rings. The zero-order chi connectivity index (χ0) is 12.3. The van der Waals surface area contributed by atoms with Gasteiger partial charge in [0.05, 0.1) is 5.69 Å². The van der Waals surface area contributed by atoms with Gasteiger partial charge in [-0.1, -0.05) is 6.42 Å². The van der Waals surface area contributed by atoms with Gasteiger partial charge in [-0.3, -0.25) is 9.69 Å². The van der Waals surface area contributed by atoms with Gasteiger partial charge in [-0.05, 0) is 39.3 Å². The Labute approximate surface area is 102 Å². The van der Waals surface area contributed by atoms with Crippen LogP contribution in [-0.4, -0.2) is 33.7 Å². The van der Waals surface area contributed by atoms with E-state index in [1.54, 1.807) is 6.07 Å². The van der Waals surface area contributed by atoms with Gasteiger partial charge in [0.1, 0.15) is 0 Å². The van der Waals surface area contributed by atoms with Crippen molar-refractivity contribution in [3.8, 4) is 0 Å². The molecule has 0 aromatic carbocycles. The minimum atomic E-state index is -0.127. The Morgan fingerprint density at radius 2 is 2.29 bits per heavy atom. The van der Waals surface area contributed by atoms with Gasteiger partial charge in [0.25, 0.3) is 5.56 Å². The Hall–Kier alpha value is -1.16. The summed E-state index contributed by atoms with van der Waals surface area (Å²) in [5.74, 6) is 0. The van der Waals surface area contributed by atoms with Crippen molar-refractivity contribution in [2.24, 2.45) is 0 Å². The highest BCUT2D eigenvalue weighted by Gasteiger charge is 2.24. The highest BCUT2D eigenvalue weighted by Crippen LogP contribution is 2.21. The fraction of sp³-hybridized carbons (Fsp3) is 0.692. The van der Waals surface area contributed by atoms with E-state index < -0.39 is 0 Å². The molecule has 1 N–H and O–H groups in total. The molecule has 4 nitrogen and oxygen atoms in total. The molecule has 0 bridgehead atoms. The summed E-state index contributed by atoms with van der Waals surface area (Å²) in [4.78, 5) is 13.5. The van der Waals surface area contributed by atoms with Crippen LogP contribution < -0.4 is 5.56 Å². The van der Waals surface area contributed by atoms with Crippen molar-refractivity contribution in [1.82, 2.24) is 15.1 Å². The Morgan fingerprint density at radius 3 is 2.94 bits per heavy atom. The number of piperidine rings is 1. The van der Waals surface area contributed by atoms with E-state index in [0.717, 1.165) is 12.1 Å². The summed E-state index contributed by atoms with van der Waals surface area (Å²) in [6.07, 6.45) is 4.78. The van der Waals surface area contributed by atoms with E-state index in [1.807, 2.05) is 6.07 Å². The quantitative estimate of drug-likeness (QED) is 0.865. The fourth-order valence-electron chi connectivity index (χ4n) is 2.65. The van der Waals surface area contributed by atoms with Gasteiger partial charge in [0.15, 0.2) is 0 Å². The molecule has 2 rings (SSSR count). The topological polar surface area (TPSA) is 49.0 Å². The maximum atomic E-state index is 11.0. The highest BCUT2D eigenvalue weighted by atomic mass is 16.1. The predicted octanol–water partition coefficient (Wildman–Crippen LogP) is 1.58. The average molecular weight is 235 g/mol. The van der Waals surface area contributed by atoms with Gasteiger partial charge in [-0.2, -0.15) is 5.10 Å². The molecule has 0 amide bonds. The number of hydrogen-bond donors (Lipinski definition) is 1. The van der Waals surface area contributed by atoms with Gasteiger partial charge < -0.3 is 0 Å². The van der Waals surface area contributed by atoms with Crippen LogP contribution in [0.3, 0.4) is 0 Å². The molecular weight excluding hydrogens is 214 g/mol. The van der Waals surface area contributed by atoms with Crippen LogP contribution in [0.2, 0.25) is 0 Å². The number of nitrogens with zero attached hydrogens (tertiary/aromatic N) is 2. The van der Waals surface area contributed by atoms with Crippen LogP contribution >= 0.6 is 0 Å². The first kappa shape index (κ1) is 12.3. The van der Waals surface area contributed by atoms with Gasteiger partial charge in [0, 0.05) is 24.6 Å². The number of likely N-dealkylation sites (tertiary alicyclic amines) is 1. The first-order chi connectivity index (χ1) is 8.16. The summed E-state index contributed by atoms with van der Waals surface area (Å²) in [7, 11) is 0. The van der Waals surface area contributed by atoms with E-state index >= 15 is 0 Å². The van der Waals surface area contributed by atoms with E-state index in [4.69, 9.17) is 0 Å². The van der Waals surface area contributed by atoms with Crippen LogP contribution in [0.15, 0.2) is 16.9 Å². The number of aromatic nitrogens is 2. The molecule has 1 aromatic heterocycles. The van der Waals surface area contributed by atoms with Gasteiger partial charge >= 0.3 is 0 Å². The van der Waals surface area contributed by atoms with Gasteiger partial charge in [-0.25, -0.2) is 5.10 Å². The first-order valence-electron chi connectivity index (χ1n) is 6.47. The molecule has 1 unspecified atom stereocenters. The SMILES string of the molecule is CC(C)N1CCCCC1Cc1ccc(=O)[nH]n1. The summed E-state index contributed by atoms with van der Waals surface area (Å²) < 4.78 is 0. The van der Waals surface area contributed by atoms with Crippen molar-refractivity contribution < 1.29 is 0 Å². The van der Waals surface area contributed by atoms with Crippen LogP contribution in [0.4, 0.5) is 0 Å². The lowest BCUT2D eigenvalue weighted by atomic mass is 9.96. The van der Waals surface area contributed by atoms with Crippen LogP contribution in [0.5, 0.6) is 0 Å². The molecule has 1 fully saturated rings. The monoisotopic (exact) mass is 235 g/mol. The molecule has 1 aliphatic heterocycles. The summed E-state index contributed by atoms with van der Waals surface area (Å²) in [5.41, 5.74) is 0.861. The Kier molecular flexibility index (Phi) is 3.94. The lowest BCUT2D eigenvalue weighted by Crippen LogP contribution is -2.45. The lowest BCUT2D eigenvalue weighted by molar-refractivity contribution is 0.111. The summed E-state index contributed by atoms with van der Waals surface area (Å²) in [6, 6.07) is 4.56. The summed E-state index contributed by atoms with van der Waals surface area (Å²) in [6.45, 7) is 5.68. The number of H-pyrrole nitrogens is 1. The van der Waals surface area contributed by atoms with Crippen molar-refractivity contribution in [3.05, 3.63) is 28.2 Å². The maximum absolute atomic E-state index is 11.0. The third kappa shape index (κ3) is 3.16. The second-order valence-corrected chi connectivity index (χ2v) is 5.10. The number of nitrogens with one attached hydrogen (secondary N) is 1. The van der Waals surface area contributed by atoms with Gasteiger partial charge in [-0.15, -0.1) is 0 Å². The third-order valence-electron chi connectivity index (χ3n) is 3.52. The molecule has 1 aliphatic rings. The largest absolute Gasteiger partial charge is 0.298 e. The molecule has 2 heterocycles. The van der Waals surface area contributed by atoms with E-state index in [9.17, 15) is 4.79 Å². The molecular formula is C13H21N3O. The van der Waals surface area contributed by atoms with Gasteiger partial charge in [0.2, 0.25) is 0 Å². The lowest BCUT2D eigenvalue weighted by Gasteiger charge is -2.38. The second kappa shape index (κ2) is 5.45.